The van der Waals surface area contributed by atoms with E-state index in [4.69, 9.17) is 5.21 Å². The highest BCUT2D eigenvalue weighted by Crippen LogP contribution is 2.19. The molecule has 2 atom stereocenters. The summed E-state index contributed by atoms with van der Waals surface area (Å²) in [5, 5.41) is 22.2. The van der Waals surface area contributed by atoms with Crippen LogP contribution in [-0.4, -0.2) is 37.9 Å². The Hall–Kier alpha value is -3.34. The molecule has 174 valence electrons. The summed E-state index contributed by atoms with van der Waals surface area (Å²) < 4.78 is 14.4. The summed E-state index contributed by atoms with van der Waals surface area (Å²) in [6.45, 7) is 4.53. The van der Waals surface area contributed by atoms with Gasteiger partial charge in [0.25, 0.3) is 0 Å². The van der Waals surface area contributed by atoms with E-state index in [1.165, 1.54) is 16.8 Å². The van der Waals surface area contributed by atoms with Crippen molar-refractivity contribution in [2.75, 3.05) is 0 Å². The van der Waals surface area contributed by atoms with E-state index in [1.807, 2.05) is 13.8 Å². The highest BCUT2D eigenvalue weighted by atomic mass is 19.1. The number of hydroxylamine groups is 1. The molecule has 4 N–H and O–H groups in total. The third kappa shape index (κ3) is 8.06. The fraction of sp³-hybridized carbons (Fsp3) is 0.476. The van der Waals surface area contributed by atoms with Crippen molar-refractivity contribution in [1.82, 2.24) is 31.1 Å². The Morgan fingerprint density at radius 2 is 1.84 bits per heavy atom. The SMILES string of the molecule is CCC(C)C(CC(=O)NO)C(=O)NCc1cn(CCC(=O)NCc2ccc(F)cc2)nn1. The Morgan fingerprint density at radius 3 is 2.50 bits per heavy atom. The minimum absolute atomic E-state index is 0.0450. The lowest BCUT2D eigenvalue weighted by Gasteiger charge is -2.21. The summed E-state index contributed by atoms with van der Waals surface area (Å²) in [4.78, 5) is 36.0. The van der Waals surface area contributed by atoms with E-state index < -0.39 is 11.8 Å². The fourth-order valence-corrected chi connectivity index (χ4v) is 3.03. The first-order valence-electron chi connectivity index (χ1n) is 10.4. The predicted molar refractivity (Wildman–Crippen MR) is 112 cm³/mol. The third-order valence-corrected chi connectivity index (χ3v) is 5.20. The third-order valence-electron chi connectivity index (χ3n) is 5.20. The summed E-state index contributed by atoms with van der Waals surface area (Å²) in [5.74, 6) is -2.06. The molecular weight excluding hydrogens is 419 g/mol. The maximum absolute atomic E-state index is 12.9. The molecule has 0 saturated carbocycles. The van der Waals surface area contributed by atoms with Gasteiger partial charge in [-0.25, -0.2) is 9.87 Å². The van der Waals surface area contributed by atoms with Gasteiger partial charge in [0, 0.05) is 25.3 Å². The van der Waals surface area contributed by atoms with Gasteiger partial charge in [-0.3, -0.25) is 24.3 Å². The smallest absolute Gasteiger partial charge is 0.244 e. The number of hydrogen-bond donors (Lipinski definition) is 4. The van der Waals surface area contributed by atoms with Gasteiger partial charge in [0.1, 0.15) is 11.5 Å². The maximum Gasteiger partial charge on any atom is 0.244 e. The van der Waals surface area contributed by atoms with E-state index in [2.05, 4.69) is 20.9 Å². The molecule has 11 heteroatoms. The van der Waals surface area contributed by atoms with Crippen LogP contribution in [0.1, 0.15) is 44.4 Å². The number of aromatic nitrogens is 3. The van der Waals surface area contributed by atoms with Gasteiger partial charge >= 0.3 is 0 Å². The van der Waals surface area contributed by atoms with Crippen molar-refractivity contribution in [2.24, 2.45) is 11.8 Å². The molecule has 0 fully saturated rings. The van der Waals surface area contributed by atoms with Gasteiger partial charge < -0.3 is 10.6 Å². The highest BCUT2D eigenvalue weighted by molar-refractivity contribution is 5.85. The number of nitrogens with zero attached hydrogens (tertiary/aromatic N) is 3. The molecule has 0 radical (unpaired) electrons. The molecule has 0 bridgehead atoms. The zero-order valence-electron chi connectivity index (χ0n) is 18.2. The van der Waals surface area contributed by atoms with Crippen LogP contribution >= 0.6 is 0 Å². The fourth-order valence-electron chi connectivity index (χ4n) is 3.03. The quantitative estimate of drug-likeness (QED) is 0.285. The van der Waals surface area contributed by atoms with Gasteiger partial charge in [-0.15, -0.1) is 5.10 Å². The molecule has 10 nitrogen and oxygen atoms in total. The molecule has 2 unspecified atom stereocenters. The number of benzene rings is 1. The van der Waals surface area contributed by atoms with Gasteiger partial charge in [0.05, 0.1) is 19.3 Å². The number of amides is 3. The van der Waals surface area contributed by atoms with Crippen LogP contribution in [0.4, 0.5) is 4.39 Å². The van der Waals surface area contributed by atoms with Gasteiger partial charge in [-0.05, 0) is 23.6 Å². The maximum atomic E-state index is 12.9. The Kier molecular flexibility index (Phi) is 9.74. The predicted octanol–water partition coefficient (Wildman–Crippen LogP) is 1.30. The lowest BCUT2D eigenvalue weighted by Crippen LogP contribution is -2.37. The lowest BCUT2D eigenvalue weighted by molar-refractivity contribution is -0.136. The highest BCUT2D eigenvalue weighted by Gasteiger charge is 2.26. The molecule has 32 heavy (non-hydrogen) atoms. The van der Waals surface area contributed by atoms with Gasteiger partial charge in [0.2, 0.25) is 17.7 Å². The number of aryl methyl sites for hydroxylation is 1. The van der Waals surface area contributed by atoms with Gasteiger partial charge in [-0.2, -0.15) is 0 Å². The van der Waals surface area contributed by atoms with E-state index in [9.17, 15) is 18.8 Å². The molecule has 0 aliphatic heterocycles. The standard InChI is InChI=1S/C21H29FN6O4/c1-3-14(2)18(10-20(30)26-32)21(31)24-12-17-13-28(27-25-17)9-8-19(29)23-11-15-4-6-16(22)7-5-15/h4-7,13-14,18,32H,3,8-12H2,1-2H3,(H,23,29)(H,24,31)(H,26,30). The first-order valence-corrected chi connectivity index (χ1v) is 10.4. The van der Waals surface area contributed by atoms with Crippen LogP contribution in [-0.2, 0) is 34.0 Å². The minimum atomic E-state index is -0.617. The number of hydrogen-bond acceptors (Lipinski definition) is 6. The normalized spacial score (nSPS) is 12.6. The zero-order valence-corrected chi connectivity index (χ0v) is 18.2. The summed E-state index contributed by atoms with van der Waals surface area (Å²) >= 11 is 0. The monoisotopic (exact) mass is 448 g/mol. The molecule has 2 rings (SSSR count). The average Bonchev–Trinajstić information content (AvgIpc) is 3.26. The average molecular weight is 448 g/mol. The topological polar surface area (TPSA) is 138 Å². The largest absolute Gasteiger partial charge is 0.352 e. The number of carbonyl (C=O) groups is 3. The number of nitrogens with one attached hydrogen (secondary N) is 3. The van der Waals surface area contributed by atoms with Crippen molar-refractivity contribution < 1.29 is 24.0 Å². The second-order valence-corrected chi connectivity index (χ2v) is 7.58. The van der Waals surface area contributed by atoms with Crippen LogP contribution in [0, 0.1) is 17.7 Å². The minimum Gasteiger partial charge on any atom is -0.352 e. The van der Waals surface area contributed by atoms with E-state index in [0.29, 0.717) is 25.2 Å². The Bertz CT molecular complexity index is 902. The number of carbonyl (C=O) groups excluding carboxylic acids is 3. The van der Waals surface area contributed by atoms with Crippen LogP contribution < -0.4 is 16.1 Å². The van der Waals surface area contributed by atoms with Crippen LogP contribution in [0.25, 0.3) is 0 Å². The second kappa shape index (κ2) is 12.5. The van der Waals surface area contributed by atoms with Crippen molar-refractivity contribution in [1.29, 1.82) is 0 Å². The second-order valence-electron chi connectivity index (χ2n) is 7.58. The van der Waals surface area contributed by atoms with Crippen LogP contribution in [0.3, 0.4) is 0 Å². The van der Waals surface area contributed by atoms with E-state index >= 15 is 0 Å². The van der Waals surface area contributed by atoms with E-state index in [-0.39, 0.29) is 42.9 Å². The van der Waals surface area contributed by atoms with Crippen LogP contribution in [0.15, 0.2) is 30.5 Å². The van der Waals surface area contributed by atoms with Crippen molar-refractivity contribution in [3.63, 3.8) is 0 Å². The summed E-state index contributed by atoms with van der Waals surface area (Å²) in [7, 11) is 0. The number of rotatable bonds is 12. The molecule has 1 aromatic carbocycles. The Balaban J connectivity index is 1.77. The Labute approximate surface area is 185 Å². The molecular formula is C21H29FN6O4. The summed E-state index contributed by atoms with van der Waals surface area (Å²) in [6.07, 6.45) is 2.40. The Morgan fingerprint density at radius 1 is 1.12 bits per heavy atom. The molecule has 0 spiro atoms. The molecule has 0 saturated heterocycles. The van der Waals surface area contributed by atoms with Crippen molar-refractivity contribution in [3.05, 3.63) is 47.5 Å². The molecule has 1 heterocycles. The molecule has 0 aliphatic carbocycles. The first kappa shape index (κ1) is 24.9. The van der Waals surface area contributed by atoms with Gasteiger partial charge in [-0.1, -0.05) is 37.6 Å². The van der Waals surface area contributed by atoms with Crippen molar-refractivity contribution in [3.8, 4) is 0 Å². The summed E-state index contributed by atoms with van der Waals surface area (Å²) in [6, 6.07) is 5.89. The van der Waals surface area contributed by atoms with Gasteiger partial charge in [0.15, 0.2) is 0 Å². The molecule has 3 amide bonds. The van der Waals surface area contributed by atoms with Crippen LogP contribution in [0.5, 0.6) is 0 Å². The molecule has 0 aliphatic rings. The molecule has 2 aromatic rings. The zero-order chi connectivity index (χ0) is 23.5. The van der Waals surface area contributed by atoms with Crippen LogP contribution in [0.2, 0.25) is 0 Å². The molecule has 1 aromatic heterocycles. The van der Waals surface area contributed by atoms with Crippen molar-refractivity contribution in [2.45, 2.75) is 52.7 Å². The number of halogens is 1. The van der Waals surface area contributed by atoms with E-state index in [0.717, 1.165) is 5.56 Å². The van der Waals surface area contributed by atoms with Crippen molar-refractivity contribution >= 4 is 17.7 Å². The lowest BCUT2D eigenvalue weighted by atomic mass is 9.88. The summed E-state index contributed by atoms with van der Waals surface area (Å²) in [5.41, 5.74) is 2.87. The van der Waals surface area contributed by atoms with E-state index in [1.54, 1.807) is 23.8 Å². The first-order chi connectivity index (χ1) is 15.3.